The van der Waals surface area contributed by atoms with Crippen LogP contribution in [0.5, 0.6) is 0 Å². The number of hydrogen-bond donors (Lipinski definition) is 1. The first-order chi connectivity index (χ1) is 31.8. The number of likely N-dealkylation sites (N-methyl/N-ethyl adjacent to an activating group) is 1. The first-order valence-corrected chi connectivity index (χ1v) is 26.0. The fraction of sp³-hybridized carbons (Fsp3) is 0.870. The van der Waals surface area contributed by atoms with E-state index in [-0.39, 0.29) is 48.7 Å². The van der Waals surface area contributed by atoms with Gasteiger partial charge in [-0.1, -0.05) is 61.3 Å². The van der Waals surface area contributed by atoms with Crippen LogP contribution in [-0.4, -0.2) is 177 Å². The van der Waals surface area contributed by atoms with Gasteiger partial charge in [0.25, 0.3) is 0 Å². The summed E-state index contributed by atoms with van der Waals surface area (Å²) in [6.07, 6.45) is 16.5. The number of ether oxygens (including phenoxy) is 1. The van der Waals surface area contributed by atoms with E-state index in [4.69, 9.17) is 4.74 Å². The molecule has 69 heavy (non-hydrogen) atoms. The third-order valence-electron chi connectivity index (χ3n) is 11.4. The van der Waals surface area contributed by atoms with Gasteiger partial charge in [-0.05, 0) is 117 Å². The minimum absolute atomic E-state index is 0. The Balaban J connectivity index is -0.000000228. The SMILES string of the molecule is C.CC(=O)N(C)CC1CCCCC1.CC(=O)N1CCC(C)C1.CC(=O)N1CCCC(C)C1.CC(C)=O.CCCN(C)C(C)=O.CCCN(CC)C(C)=O.CCCNC(C)=O.CN(C)CC1CCCO1. The molecule has 0 radical (unpaired) electrons. The van der Waals surface area contributed by atoms with Crippen molar-refractivity contribution in [2.24, 2.45) is 17.8 Å². The molecule has 1 aliphatic carbocycles. The van der Waals surface area contributed by atoms with Crippen molar-refractivity contribution in [1.29, 1.82) is 0 Å². The van der Waals surface area contributed by atoms with Gasteiger partial charge in [-0.25, -0.2) is 0 Å². The molecule has 3 unspecified atom stereocenters. The fourth-order valence-electron chi connectivity index (χ4n) is 7.38. The van der Waals surface area contributed by atoms with E-state index in [1.807, 2.05) is 47.5 Å². The van der Waals surface area contributed by atoms with E-state index < -0.39 is 0 Å². The predicted molar refractivity (Wildman–Crippen MR) is 288 cm³/mol. The zero-order valence-electron chi connectivity index (χ0n) is 47.2. The normalized spacial score (nSPS) is 17.8. The maximum absolute atomic E-state index is 10.9. The second kappa shape index (κ2) is 48.1. The van der Waals surface area contributed by atoms with Crippen molar-refractivity contribution in [3.63, 3.8) is 0 Å². The summed E-state index contributed by atoms with van der Waals surface area (Å²) in [5.74, 6) is 3.39. The van der Waals surface area contributed by atoms with Crippen LogP contribution >= 0.6 is 0 Å². The van der Waals surface area contributed by atoms with E-state index in [0.29, 0.717) is 17.9 Å². The van der Waals surface area contributed by atoms with Gasteiger partial charge in [0.2, 0.25) is 35.4 Å². The van der Waals surface area contributed by atoms with Crippen LogP contribution in [0.3, 0.4) is 0 Å². The van der Waals surface area contributed by atoms with Gasteiger partial charge in [-0.2, -0.15) is 0 Å². The lowest BCUT2D eigenvalue weighted by Crippen LogP contribution is -2.37. The number of rotatable bonds is 11. The van der Waals surface area contributed by atoms with Crippen molar-refractivity contribution < 1.29 is 38.3 Å². The third kappa shape index (κ3) is 50.6. The summed E-state index contributed by atoms with van der Waals surface area (Å²) in [4.78, 5) is 84.6. The van der Waals surface area contributed by atoms with E-state index in [0.717, 1.165) is 97.2 Å². The summed E-state index contributed by atoms with van der Waals surface area (Å²) in [7, 11) is 7.88. The largest absolute Gasteiger partial charge is 0.377 e. The Kier molecular flexibility index (Phi) is 51.8. The van der Waals surface area contributed by atoms with E-state index in [9.17, 15) is 33.6 Å². The molecule has 410 valence electrons. The van der Waals surface area contributed by atoms with E-state index in [2.05, 4.69) is 52.0 Å². The van der Waals surface area contributed by atoms with E-state index in [1.165, 1.54) is 85.0 Å². The molecule has 3 heterocycles. The van der Waals surface area contributed by atoms with Crippen LogP contribution < -0.4 is 5.32 Å². The Bertz CT molecular complexity index is 1300. The molecule has 4 aliphatic rings. The maximum Gasteiger partial charge on any atom is 0.219 e. The molecule has 0 aromatic heterocycles. The summed E-state index contributed by atoms with van der Waals surface area (Å²) in [6, 6.07) is 0. The van der Waals surface area contributed by atoms with Gasteiger partial charge in [0.05, 0.1) is 6.10 Å². The summed E-state index contributed by atoms with van der Waals surface area (Å²) < 4.78 is 5.42. The fourth-order valence-corrected chi connectivity index (χ4v) is 7.38. The van der Waals surface area contributed by atoms with Crippen LogP contribution in [0.25, 0.3) is 0 Å². The molecule has 0 bridgehead atoms. The van der Waals surface area contributed by atoms with Gasteiger partial charge in [-0.15, -0.1) is 0 Å². The van der Waals surface area contributed by atoms with Gasteiger partial charge in [0.1, 0.15) is 5.78 Å². The number of carbonyl (C=O) groups is 7. The predicted octanol–water partition coefficient (Wildman–Crippen LogP) is 8.81. The smallest absolute Gasteiger partial charge is 0.219 e. The van der Waals surface area contributed by atoms with Crippen molar-refractivity contribution >= 4 is 41.2 Å². The molecule has 0 aromatic carbocycles. The van der Waals surface area contributed by atoms with Crippen LogP contribution in [0.4, 0.5) is 0 Å². The Morgan fingerprint density at radius 2 is 1.06 bits per heavy atom. The molecule has 0 aromatic rings. The van der Waals surface area contributed by atoms with Gasteiger partial charge in [0, 0.05) is 128 Å². The second-order valence-corrected chi connectivity index (χ2v) is 19.3. The van der Waals surface area contributed by atoms with E-state index >= 15 is 0 Å². The molecule has 15 nitrogen and oxygen atoms in total. The number of nitrogens with one attached hydrogen (secondary N) is 1. The molecule has 6 amide bonds. The number of hydrogen-bond acceptors (Lipinski definition) is 9. The number of likely N-dealkylation sites (tertiary alicyclic amines) is 2. The van der Waals surface area contributed by atoms with Crippen LogP contribution in [0.1, 0.15) is 188 Å². The van der Waals surface area contributed by atoms with Crippen molar-refractivity contribution in [2.45, 2.75) is 194 Å². The maximum atomic E-state index is 10.9. The lowest BCUT2D eigenvalue weighted by molar-refractivity contribution is -0.131. The van der Waals surface area contributed by atoms with Crippen LogP contribution in [-0.2, 0) is 38.3 Å². The van der Waals surface area contributed by atoms with Gasteiger partial charge >= 0.3 is 0 Å². The first kappa shape index (κ1) is 74.4. The number of piperidine rings is 1. The Hall–Kier alpha value is -3.59. The highest BCUT2D eigenvalue weighted by atomic mass is 16.5. The zero-order chi connectivity index (χ0) is 53.2. The second-order valence-electron chi connectivity index (χ2n) is 19.3. The minimum atomic E-state index is 0. The topological polar surface area (TPSA) is 160 Å². The lowest BCUT2D eigenvalue weighted by atomic mass is 9.89. The Morgan fingerprint density at radius 3 is 1.33 bits per heavy atom. The summed E-state index contributed by atoms with van der Waals surface area (Å²) >= 11 is 0. The number of nitrogens with zero attached hydrogens (tertiary/aromatic N) is 6. The van der Waals surface area contributed by atoms with Crippen LogP contribution in [0.15, 0.2) is 0 Å². The Labute approximate surface area is 424 Å². The molecule has 4 fully saturated rings. The molecule has 1 N–H and O–H groups in total. The molecular formula is C54H111N7O8. The average Bonchev–Trinajstić information content (AvgIpc) is 3.95. The monoisotopic (exact) mass is 986 g/mol. The molecule has 1 saturated carbocycles. The molecule has 15 heteroatoms. The number of carbonyl (C=O) groups excluding carboxylic acids is 7. The third-order valence-corrected chi connectivity index (χ3v) is 11.4. The summed E-state index contributed by atoms with van der Waals surface area (Å²) in [5.41, 5.74) is 0. The highest BCUT2D eigenvalue weighted by Crippen LogP contribution is 2.24. The van der Waals surface area contributed by atoms with Crippen molar-refractivity contribution in [3.05, 3.63) is 0 Å². The van der Waals surface area contributed by atoms with E-state index in [1.54, 1.807) is 39.5 Å². The molecule has 3 atom stereocenters. The van der Waals surface area contributed by atoms with Crippen LogP contribution in [0.2, 0.25) is 0 Å². The molecule has 3 saturated heterocycles. The highest BCUT2D eigenvalue weighted by Gasteiger charge is 2.20. The number of Topliss-reactive ketones (excluding diaryl/α,β-unsaturated/α-hetero) is 1. The lowest BCUT2D eigenvalue weighted by Gasteiger charge is -2.29. The molecule has 4 rings (SSSR count). The molecular weight excluding hydrogens is 875 g/mol. The molecule has 3 aliphatic heterocycles. The number of amides is 6. The van der Waals surface area contributed by atoms with Gasteiger partial charge < -0.3 is 44.2 Å². The average molecular weight is 987 g/mol. The standard InChI is InChI=1S/C10H19NO.C8H15NO.C7H13NO.2C7H15NO.C6H13NO.C5H11NO.C3H6O.CH4/c1-9(12)11(2)8-10-6-4-3-5-7-10;1-7-4-3-5-9(6-7)8(2)10;1-6-3-4-8(5-6)7(2)9;1-8(2)6-7-4-3-5-9-7;1-4-6-8(5-2)7(3)9;1-4-5-7(3)6(2)8;1-3-4-6-5(2)7;1-3(2)4;/h10H,3-8H2,1-2H3;7H,3-6H2,1-2H3;6H,3-5H2,1-2H3;7H,3-6H2,1-2H3;4-6H2,1-3H3;4-5H2,1-3H3;3-4H2,1-2H3,(H,6,7);1-2H3;1H4. The van der Waals surface area contributed by atoms with Crippen LogP contribution in [0, 0.1) is 17.8 Å². The minimum Gasteiger partial charge on any atom is -0.377 e. The zero-order valence-corrected chi connectivity index (χ0v) is 47.2. The number of ketones is 1. The summed E-state index contributed by atoms with van der Waals surface area (Å²) in [5, 5.41) is 2.66. The van der Waals surface area contributed by atoms with Crippen molar-refractivity contribution in [1.82, 2.24) is 34.7 Å². The summed E-state index contributed by atoms with van der Waals surface area (Å²) in [6.45, 7) is 35.5. The van der Waals surface area contributed by atoms with Crippen molar-refractivity contribution in [2.75, 3.05) is 100 Å². The highest BCUT2D eigenvalue weighted by molar-refractivity contribution is 5.75. The van der Waals surface area contributed by atoms with Crippen molar-refractivity contribution in [3.8, 4) is 0 Å². The Morgan fingerprint density at radius 1 is 0.565 bits per heavy atom. The first-order valence-electron chi connectivity index (χ1n) is 26.0. The molecule has 0 spiro atoms. The van der Waals surface area contributed by atoms with Gasteiger partial charge in [-0.3, -0.25) is 28.8 Å². The quantitative estimate of drug-likeness (QED) is 0.214. The van der Waals surface area contributed by atoms with Gasteiger partial charge in [0.15, 0.2) is 0 Å².